The number of nitrogens with one attached hydrogen (secondary N) is 1. The van der Waals surface area contributed by atoms with Gasteiger partial charge in [-0.3, -0.25) is 9.97 Å². The minimum absolute atomic E-state index is 0.178. The third kappa shape index (κ3) is 3.89. The highest BCUT2D eigenvalue weighted by molar-refractivity contribution is 7.09. The van der Waals surface area contributed by atoms with Crippen molar-refractivity contribution in [3.8, 4) is 0 Å². The van der Waals surface area contributed by atoms with Crippen molar-refractivity contribution in [2.45, 2.75) is 37.8 Å². The maximum Gasteiger partial charge on any atom is 0.0984 e. The maximum atomic E-state index is 6.33. The molecule has 2 atom stereocenters. The number of halogens is 1. The summed E-state index contributed by atoms with van der Waals surface area (Å²) in [5, 5.41) is 7.52. The van der Waals surface area contributed by atoms with Crippen molar-refractivity contribution < 1.29 is 0 Å². The summed E-state index contributed by atoms with van der Waals surface area (Å²) in [5.74, 6) is 0. The lowest BCUT2D eigenvalue weighted by molar-refractivity contribution is 0.321. The Hall–Kier alpha value is -1.82. The lowest BCUT2D eigenvalue weighted by atomic mass is 9.94. The highest BCUT2D eigenvalue weighted by Gasteiger charge is 2.26. The van der Waals surface area contributed by atoms with E-state index in [2.05, 4.69) is 33.5 Å². The Morgan fingerprint density at radius 1 is 1.08 bits per heavy atom. The van der Waals surface area contributed by atoms with Gasteiger partial charge < -0.3 is 5.32 Å². The van der Waals surface area contributed by atoms with Crippen LogP contribution in [0.3, 0.4) is 0 Å². The lowest BCUT2D eigenvalue weighted by Crippen LogP contribution is -2.32. The molecule has 4 heterocycles. The van der Waals surface area contributed by atoms with Crippen LogP contribution >= 0.6 is 22.9 Å². The molecule has 4 nitrogen and oxygen atoms in total. The number of piperidine rings is 1. The van der Waals surface area contributed by atoms with E-state index in [0.29, 0.717) is 0 Å². The van der Waals surface area contributed by atoms with E-state index in [9.17, 15) is 0 Å². The summed E-state index contributed by atoms with van der Waals surface area (Å²) in [6.07, 6.45) is 7.69. The Labute approximate surface area is 156 Å². The van der Waals surface area contributed by atoms with Crippen molar-refractivity contribution in [2.24, 2.45) is 0 Å². The fourth-order valence-corrected chi connectivity index (χ4v) is 4.21. The summed E-state index contributed by atoms with van der Waals surface area (Å²) >= 11 is 8.00. The molecule has 25 heavy (non-hydrogen) atoms. The Morgan fingerprint density at radius 3 is 2.84 bits per heavy atom. The van der Waals surface area contributed by atoms with Crippen molar-refractivity contribution in [1.29, 1.82) is 0 Å². The molecule has 0 saturated carbocycles. The Kier molecular flexibility index (Phi) is 5.06. The van der Waals surface area contributed by atoms with Gasteiger partial charge in [0, 0.05) is 35.9 Å². The standard InChI is InChI=1S/C19H19ClN4S/c20-14-5-3-9-22-19(14)17-8-2-7-16(24-17)15-6-1-4-13(23-15)12-18-21-10-11-25-18/h1,3-6,9-11,16-17,24H,2,7-8,12H2. The van der Waals surface area contributed by atoms with E-state index < -0.39 is 0 Å². The van der Waals surface area contributed by atoms with E-state index in [1.807, 2.05) is 23.7 Å². The van der Waals surface area contributed by atoms with Gasteiger partial charge >= 0.3 is 0 Å². The van der Waals surface area contributed by atoms with Gasteiger partial charge in [0.2, 0.25) is 0 Å². The molecule has 1 N–H and O–H groups in total. The molecule has 1 fully saturated rings. The number of nitrogens with zero attached hydrogens (tertiary/aromatic N) is 3. The molecule has 128 valence electrons. The lowest BCUT2D eigenvalue weighted by Gasteiger charge is -2.31. The number of hydrogen-bond donors (Lipinski definition) is 1. The topological polar surface area (TPSA) is 50.7 Å². The minimum Gasteiger partial charge on any atom is -0.300 e. The summed E-state index contributed by atoms with van der Waals surface area (Å²) in [6.45, 7) is 0. The molecule has 1 aliphatic heterocycles. The first kappa shape index (κ1) is 16.6. The van der Waals surface area contributed by atoms with Crippen LogP contribution in [-0.2, 0) is 6.42 Å². The second-order valence-electron chi connectivity index (χ2n) is 6.23. The minimum atomic E-state index is 0.178. The second kappa shape index (κ2) is 7.60. The van der Waals surface area contributed by atoms with Gasteiger partial charge in [0.05, 0.1) is 27.5 Å². The predicted molar refractivity (Wildman–Crippen MR) is 101 cm³/mol. The average molecular weight is 371 g/mol. The number of aromatic nitrogens is 3. The molecule has 1 saturated heterocycles. The monoisotopic (exact) mass is 370 g/mol. The van der Waals surface area contributed by atoms with Crippen LogP contribution in [0.15, 0.2) is 48.1 Å². The van der Waals surface area contributed by atoms with Gasteiger partial charge in [-0.15, -0.1) is 11.3 Å². The van der Waals surface area contributed by atoms with E-state index in [4.69, 9.17) is 16.6 Å². The second-order valence-corrected chi connectivity index (χ2v) is 7.62. The molecule has 0 bridgehead atoms. The van der Waals surface area contributed by atoms with Gasteiger partial charge in [-0.25, -0.2) is 4.98 Å². The fraction of sp³-hybridized carbons (Fsp3) is 0.316. The van der Waals surface area contributed by atoms with Crippen LogP contribution in [0.5, 0.6) is 0 Å². The zero-order valence-corrected chi connectivity index (χ0v) is 15.3. The molecule has 6 heteroatoms. The molecule has 0 radical (unpaired) electrons. The van der Waals surface area contributed by atoms with Crippen molar-refractivity contribution in [1.82, 2.24) is 20.3 Å². The third-order valence-corrected chi connectivity index (χ3v) is 5.61. The Morgan fingerprint density at radius 2 is 2.00 bits per heavy atom. The molecule has 0 aliphatic carbocycles. The highest BCUT2D eigenvalue weighted by Crippen LogP contribution is 2.33. The van der Waals surface area contributed by atoms with E-state index in [0.717, 1.165) is 52.8 Å². The molecular formula is C19H19ClN4S. The molecule has 0 spiro atoms. The quantitative estimate of drug-likeness (QED) is 0.721. The summed E-state index contributed by atoms with van der Waals surface area (Å²) in [7, 11) is 0. The van der Waals surface area contributed by atoms with Crippen molar-refractivity contribution in [3.05, 3.63) is 75.2 Å². The number of hydrogen-bond acceptors (Lipinski definition) is 5. The third-order valence-electron chi connectivity index (χ3n) is 4.51. The van der Waals surface area contributed by atoms with Crippen molar-refractivity contribution in [3.63, 3.8) is 0 Å². The van der Waals surface area contributed by atoms with E-state index >= 15 is 0 Å². The van der Waals surface area contributed by atoms with Gasteiger partial charge in [0.25, 0.3) is 0 Å². The number of thiazole rings is 1. The van der Waals surface area contributed by atoms with Crippen LogP contribution in [0.1, 0.15) is 53.4 Å². The number of rotatable bonds is 4. The van der Waals surface area contributed by atoms with Crippen LogP contribution in [0.2, 0.25) is 5.02 Å². The molecule has 0 amide bonds. The first-order chi connectivity index (χ1) is 12.3. The van der Waals surface area contributed by atoms with Crippen LogP contribution in [-0.4, -0.2) is 15.0 Å². The molecule has 0 aromatic carbocycles. The van der Waals surface area contributed by atoms with Gasteiger partial charge in [-0.1, -0.05) is 17.7 Å². The number of pyridine rings is 2. The van der Waals surface area contributed by atoms with Crippen LogP contribution < -0.4 is 5.32 Å². The normalized spacial score (nSPS) is 20.5. The molecule has 3 aromatic heterocycles. The molecule has 2 unspecified atom stereocenters. The summed E-state index contributed by atoms with van der Waals surface area (Å²) in [6, 6.07) is 10.4. The smallest absolute Gasteiger partial charge is 0.0984 e. The molecule has 3 aromatic rings. The molecule has 4 rings (SSSR count). The Bertz CT molecular complexity index is 837. The van der Waals surface area contributed by atoms with Crippen molar-refractivity contribution in [2.75, 3.05) is 0 Å². The van der Waals surface area contributed by atoms with E-state index in [-0.39, 0.29) is 12.1 Å². The van der Waals surface area contributed by atoms with Crippen molar-refractivity contribution >= 4 is 22.9 Å². The Balaban J connectivity index is 1.52. The molecule has 1 aliphatic rings. The first-order valence-corrected chi connectivity index (χ1v) is 9.76. The van der Waals surface area contributed by atoms with Crippen LogP contribution in [0, 0.1) is 0 Å². The van der Waals surface area contributed by atoms with Crippen LogP contribution in [0.4, 0.5) is 0 Å². The summed E-state index contributed by atoms with van der Waals surface area (Å²) in [4.78, 5) is 13.7. The van der Waals surface area contributed by atoms with Gasteiger partial charge in [0.1, 0.15) is 0 Å². The van der Waals surface area contributed by atoms with Gasteiger partial charge in [-0.05, 0) is 43.5 Å². The maximum absolute atomic E-state index is 6.33. The fourth-order valence-electron chi connectivity index (χ4n) is 3.32. The summed E-state index contributed by atoms with van der Waals surface area (Å²) in [5.41, 5.74) is 3.09. The van der Waals surface area contributed by atoms with E-state index in [1.54, 1.807) is 17.5 Å². The predicted octanol–water partition coefficient (Wildman–Crippen LogP) is 4.73. The van der Waals surface area contributed by atoms with E-state index in [1.165, 1.54) is 0 Å². The van der Waals surface area contributed by atoms with Gasteiger partial charge in [-0.2, -0.15) is 0 Å². The molecular weight excluding hydrogens is 352 g/mol. The summed E-state index contributed by atoms with van der Waals surface area (Å²) < 4.78 is 0. The van der Waals surface area contributed by atoms with Crippen LogP contribution in [0.25, 0.3) is 0 Å². The highest BCUT2D eigenvalue weighted by atomic mass is 35.5. The average Bonchev–Trinajstić information content (AvgIpc) is 3.15. The van der Waals surface area contributed by atoms with Gasteiger partial charge in [0.15, 0.2) is 0 Å². The SMILES string of the molecule is Clc1cccnc1C1CCCC(c2cccc(Cc3nccs3)n2)N1. The zero-order chi connectivity index (χ0) is 17.1. The largest absolute Gasteiger partial charge is 0.300 e. The first-order valence-electron chi connectivity index (χ1n) is 8.50. The zero-order valence-electron chi connectivity index (χ0n) is 13.7.